The monoisotopic (exact) mass is 387 g/mol. The molecule has 2 N–H and O–H groups in total. The molecule has 2 amide bonds. The van der Waals surface area contributed by atoms with Gasteiger partial charge in [0.2, 0.25) is 5.91 Å². The highest BCUT2D eigenvalue weighted by Crippen LogP contribution is 2.24. The van der Waals surface area contributed by atoms with Crippen LogP contribution in [0.5, 0.6) is 0 Å². The maximum atomic E-state index is 13.1. The third-order valence-corrected chi connectivity index (χ3v) is 6.59. The average molecular weight is 387 g/mol. The summed E-state index contributed by atoms with van der Waals surface area (Å²) in [6.45, 7) is 2.08. The summed E-state index contributed by atoms with van der Waals surface area (Å²) in [4.78, 5) is 24.4. The van der Waals surface area contributed by atoms with Crippen LogP contribution in [0.3, 0.4) is 0 Å². The van der Waals surface area contributed by atoms with Crippen molar-refractivity contribution in [3.8, 4) is 0 Å². The molecule has 1 fully saturated rings. The van der Waals surface area contributed by atoms with E-state index in [-0.39, 0.29) is 11.9 Å². The van der Waals surface area contributed by atoms with E-state index in [4.69, 9.17) is 0 Å². The van der Waals surface area contributed by atoms with Gasteiger partial charge in [-0.05, 0) is 24.1 Å². The fraction of sp³-hybridized carbons (Fsp3) is 0.389. The van der Waals surface area contributed by atoms with Gasteiger partial charge in [0, 0.05) is 31.3 Å². The normalized spacial score (nSPS) is 21.2. The summed E-state index contributed by atoms with van der Waals surface area (Å²) in [7, 11) is -2.89. The van der Waals surface area contributed by atoms with Crippen LogP contribution in [0.15, 0.2) is 39.7 Å². The van der Waals surface area contributed by atoms with Gasteiger partial charge in [-0.25, -0.2) is 4.21 Å². The first kappa shape index (κ1) is 17.9. The Hall–Kier alpha value is -2.52. The molecule has 0 radical (unpaired) electrons. The molecule has 0 aliphatic carbocycles. The predicted molar refractivity (Wildman–Crippen MR) is 99.6 cm³/mol. The lowest BCUT2D eigenvalue weighted by Crippen LogP contribution is -2.29. The van der Waals surface area contributed by atoms with Crippen molar-refractivity contribution in [1.29, 1.82) is 0 Å². The van der Waals surface area contributed by atoms with Gasteiger partial charge in [-0.3, -0.25) is 14.3 Å². The van der Waals surface area contributed by atoms with E-state index in [9.17, 15) is 13.8 Å². The fourth-order valence-corrected chi connectivity index (χ4v) is 4.83. The van der Waals surface area contributed by atoms with E-state index in [1.807, 2.05) is 12.1 Å². The minimum absolute atomic E-state index is 0.0135. The Morgan fingerprint density at radius 3 is 2.81 bits per heavy atom. The molecule has 2 aliphatic rings. The molecule has 9 heteroatoms. The SMILES string of the molecule is CS(=O)(=NC(=O)c1ccc(C2CCC(=O)N2)cc1)c1cnn2c1CNCC2. The Labute approximate surface area is 157 Å². The average Bonchev–Trinajstić information content (AvgIpc) is 3.28. The number of nitrogens with zero attached hydrogens (tertiary/aromatic N) is 3. The van der Waals surface area contributed by atoms with E-state index in [0.29, 0.717) is 30.0 Å². The zero-order chi connectivity index (χ0) is 19.0. The molecule has 3 heterocycles. The molecule has 2 atom stereocenters. The second-order valence-electron chi connectivity index (χ2n) is 6.84. The summed E-state index contributed by atoms with van der Waals surface area (Å²) in [6.07, 6.45) is 4.29. The van der Waals surface area contributed by atoms with Crippen LogP contribution in [-0.2, 0) is 27.6 Å². The summed E-state index contributed by atoms with van der Waals surface area (Å²) < 4.78 is 18.9. The van der Waals surface area contributed by atoms with Gasteiger partial charge in [0.25, 0.3) is 5.91 Å². The van der Waals surface area contributed by atoms with Gasteiger partial charge in [-0.1, -0.05) is 12.1 Å². The lowest BCUT2D eigenvalue weighted by molar-refractivity contribution is -0.119. The van der Waals surface area contributed by atoms with Crippen molar-refractivity contribution in [2.45, 2.75) is 36.9 Å². The van der Waals surface area contributed by atoms with Crippen LogP contribution in [-0.4, -0.2) is 38.6 Å². The van der Waals surface area contributed by atoms with Crippen LogP contribution in [0.4, 0.5) is 0 Å². The highest BCUT2D eigenvalue weighted by molar-refractivity contribution is 7.93. The molecule has 8 nitrogen and oxygen atoms in total. The molecule has 1 saturated heterocycles. The zero-order valence-corrected chi connectivity index (χ0v) is 15.8. The first-order chi connectivity index (χ1) is 12.9. The van der Waals surface area contributed by atoms with Gasteiger partial charge in [-0.15, -0.1) is 0 Å². The predicted octanol–water partition coefficient (Wildman–Crippen LogP) is 1.23. The van der Waals surface area contributed by atoms with Crippen molar-refractivity contribution in [3.05, 3.63) is 47.3 Å². The Morgan fingerprint density at radius 2 is 2.11 bits per heavy atom. The van der Waals surface area contributed by atoms with Crippen LogP contribution < -0.4 is 10.6 Å². The second-order valence-corrected chi connectivity index (χ2v) is 9.06. The van der Waals surface area contributed by atoms with E-state index >= 15 is 0 Å². The third-order valence-electron chi connectivity index (χ3n) is 4.92. The molecular weight excluding hydrogens is 366 g/mol. The molecule has 4 rings (SSSR count). The highest BCUT2D eigenvalue weighted by Gasteiger charge is 2.23. The molecule has 2 unspecified atom stereocenters. The molecule has 27 heavy (non-hydrogen) atoms. The topological polar surface area (TPSA) is 105 Å². The van der Waals surface area contributed by atoms with Gasteiger partial charge in [0.1, 0.15) is 0 Å². The number of amides is 2. The maximum absolute atomic E-state index is 13.1. The molecule has 0 saturated carbocycles. The summed E-state index contributed by atoms with van der Waals surface area (Å²) in [5.41, 5.74) is 2.14. The van der Waals surface area contributed by atoms with Gasteiger partial charge >= 0.3 is 0 Å². The molecule has 1 aromatic carbocycles. The van der Waals surface area contributed by atoms with E-state index < -0.39 is 15.6 Å². The lowest BCUT2D eigenvalue weighted by Gasteiger charge is -2.16. The quantitative estimate of drug-likeness (QED) is 0.824. The molecule has 142 valence electrons. The van der Waals surface area contributed by atoms with Crippen molar-refractivity contribution >= 4 is 21.5 Å². The molecule has 0 spiro atoms. The van der Waals surface area contributed by atoms with Crippen molar-refractivity contribution in [2.24, 2.45) is 4.36 Å². The highest BCUT2D eigenvalue weighted by atomic mass is 32.2. The van der Waals surface area contributed by atoms with Crippen LogP contribution in [0.1, 0.15) is 40.5 Å². The minimum atomic E-state index is -2.89. The minimum Gasteiger partial charge on any atom is -0.349 e. The zero-order valence-electron chi connectivity index (χ0n) is 15.0. The first-order valence-electron chi connectivity index (χ1n) is 8.85. The number of fused-ring (bicyclic) bond motifs is 1. The van der Waals surface area contributed by atoms with Crippen molar-refractivity contribution in [1.82, 2.24) is 20.4 Å². The van der Waals surface area contributed by atoms with Crippen LogP contribution in [0, 0.1) is 0 Å². The number of aromatic nitrogens is 2. The smallest absolute Gasteiger partial charge is 0.285 e. The molecule has 2 aliphatic heterocycles. The second kappa shape index (κ2) is 6.90. The summed E-state index contributed by atoms with van der Waals surface area (Å²) >= 11 is 0. The van der Waals surface area contributed by atoms with Crippen LogP contribution in [0.25, 0.3) is 0 Å². The molecule has 0 bridgehead atoms. The molecular formula is C18H21N5O3S. The summed E-state index contributed by atoms with van der Waals surface area (Å²) in [5, 5.41) is 10.4. The first-order valence-corrected chi connectivity index (χ1v) is 10.8. The van der Waals surface area contributed by atoms with Gasteiger partial charge in [0.05, 0.1) is 39.1 Å². The van der Waals surface area contributed by atoms with E-state index in [2.05, 4.69) is 20.1 Å². The Morgan fingerprint density at radius 1 is 1.33 bits per heavy atom. The van der Waals surface area contributed by atoms with Crippen LogP contribution >= 0.6 is 0 Å². The lowest BCUT2D eigenvalue weighted by atomic mass is 10.0. The number of hydrogen-bond acceptors (Lipinski definition) is 5. The number of rotatable bonds is 3. The maximum Gasteiger partial charge on any atom is 0.285 e. The number of nitrogens with one attached hydrogen (secondary N) is 2. The fourth-order valence-electron chi connectivity index (χ4n) is 3.45. The number of carbonyl (C=O) groups excluding carboxylic acids is 2. The number of hydrogen-bond donors (Lipinski definition) is 2. The standard InChI is InChI=1S/C18H21N5O3S/c1-27(26,16-11-20-23-9-8-19-10-15(16)23)22-18(25)13-4-2-12(3-5-13)14-6-7-17(24)21-14/h2-5,11,14,19H,6-10H2,1H3,(H,21,24). The Kier molecular flexibility index (Phi) is 4.56. The number of benzene rings is 1. The Balaban J connectivity index is 1.58. The molecule has 2 aromatic rings. The van der Waals surface area contributed by atoms with Gasteiger partial charge in [-0.2, -0.15) is 9.46 Å². The van der Waals surface area contributed by atoms with Gasteiger partial charge in [0.15, 0.2) is 0 Å². The number of carbonyl (C=O) groups is 2. The van der Waals surface area contributed by atoms with E-state index in [1.54, 1.807) is 23.0 Å². The molecule has 1 aromatic heterocycles. The summed E-state index contributed by atoms with van der Waals surface area (Å²) in [6, 6.07) is 6.93. The van der Waals surface area contributed by atoms with Crippen LogP contribution in [0.2, 0.25) is 0 Å². The van der Waals surface area contributed by atoms with E-state index in [0.717, 1.165) is 24.2 Å². The van der Waals surface area contributed by atoms with Crippen molar-refractivity contribution < 1.29 is 13.8 Å². The largest absolute Gasteiger partial charge is 0.349 e. The van der Waals surface area contributed by atoms with Crippen molar-refractivity contribution in [2.75, 3.05) is 12.8 Å². The third kappa shape index (κ3) is 3.52. The van der Waals surface area contributed by atoms with Gasteiger partial charge < -0.3 is 10.6 Å². The Bertz CT molecular complexity index is 1020. The van der Waals surface area contributed by atoms with Crippen molar-refractivity contribution in [3.63, 3.8) is 0 Å². The summed E-state index contributed by atoms with van der Waals surface area (Å²) in [5.74, 6) is -0.479. The van der Waals surface area contributed by atoms with E-state index in [1.165, 1.54) is 6.26 Å².